The average molecular weight is 298 g/mol. The topological polar surface area (TPSA) is 72.2 Å². The molecule has 0 fully saturated rings. The summed E-state index contributed by atoms with van der Waals surface area (Å²) in [7, 11) is -3.48. The first kappa shape index (κ1) is 17.0. The smallest absolute Gasteiger partial charge is 0.240 e. The fourth-order valence-electron chi connectivity index (χ4n) is 2.13. The lowest BCUT2D eigenvalue weighted by Crippen LogP contribution is -2.34. The molecule has 20 heavy (non-hydrogen) atoms. The van der Waals surface area contributed by atoms with Gasteiger partial charge in [0.25, 0.3) is 0 Å². The van der Waals surface area contributed by atoms with Gasteiger partial charge < -0.3 is 5.73 Å². The summed E-state index contributed by atoms with van der Waals surface area (Å²) in [6.07, 6.45) is 4.81. The highest BCUT2D eigenvalue weighted by molar-refractivity contribution is 7.89. The number of anilines is 1. The SMILES string of the molecule is CCCCC(CCC)NS(=O)(=O)c1ccc(C)c(N)c1. The normalized spacial score (nSPS) is 13.3. The monoisotopic (exact) mass is 298 g/mol. The fourth-order valence-corrected chi connectivity index (χ4v) is 3.47. The average Bonchev–Trinajstić information content (AvgIpc) is 2.39. The van der Waals surface area contributed by atoms with Gasteiger partial charge >= 0.3 is 0 Å². The molecule has 0 aliphatic carbocycles. The van der Waals surface area contributed by atoms with Crippen LogP contribution >= 0.6 is 0 Å². The zero-order valence-electron chi connectivity index (χ0n) is 12.6. The van der Waals surface area contributed by atoms with Crippen molar-refractivity contribution in [2.45, 2.75) is 63.8 Å². The van der Waals surface area contributed by atoms with Gasteiger partial charge in [0.15, 0.2) is 0 Å². The van der Waals surface area contributed by atoms with E-state index in [2.05, 4.69) is 18.6 Å². The van der Waals surface area contributed by atoms with Crippen LogP contribution < -0.4 is 10.5 Å². The first-order chi connectivity index (χ1) is 9.40. The van der Waals surface area contributed by atoms with Crippen LogP contribution in [0.2, 0.25) is 0 Å². The Hall–Kier alpha value is -1.07. The Morgan fingerprint density at radius 2 is 1.90 bits per heavy atom. The van der Waals surface area contributed by atoms with Gasteiger partial charge in [0.2, 0.25) is 10.0 Å². The molecule has 0 bridgehead atoms. The summed E-state index contributed by atoms with van der Waals surface area (Å²) in [4.78, 5) is 0.248. The molecule has 0 saturated carbocycles. The standard InChI is InChI=1S/C15H26N2O2S/c1-4-6-8-13(7-5-2)17-20(18,19)14-10-9-12(3)15(16)11-14/h9-11,13,17H,4-8,16H2,1-3H3. The fraction of sp³-hybridized carbons (Fsp3) is 0.600. The molecule has 1 atom stereocenters. The van der Waals surface area contributed by atoms with Gasteiger partial charge in [0.05, 0.1) is 4.90 Å². The van der Waals surface area contributed by atoms with Gasteiger partial charge in [-0.25, -0.2) is 13.1 Å². The highest BCUT2D eigenvalue weighted by atomic mass is 32.2. The van der Waals surface area contributed by atoms with Gasteiger partial charge in [-0.2, -0.15) is 0 Å². The first-order valence-corrected chi connectivity index (χ1v) is 8.77. The van der Waals surface area contributed by atoms with Crippen LogP contribution in [-0.2, 0) is 10.0 Å². The van der Waals surface area contributed by atoms with Gasteiger partial charge in [0, 0.05) is 11.7 Å². The second-order valence-corrected chi connectivity index (χ2v) is 6.98. The van der Waals surface area contributed by atoms with Gasteiger partial charge in [-0.1, -0.05) is 39.2 Å². The summed E-state index contributed by atoms with van der Waals surface area (Å²) in [5, 5.41) is 0. The van der Waals surface area contributed by atoms with Gasteiger partial charge in [0.1, 0.15) is 0 Å². The lowest BCUT2D eigenvalue weighted by Gasteiger charge is -2.18. The molecule has 0 aliphatic heterocycles. The summed E-state index contributed by atoms with van der Waals surface area (Å²) >= 11 is 0. The number of hydrogen-bond donors (Lipinski definition) is 2. The van der Waals surface area contributed by atoms with Crippen molar-refractivity contribution >= 4 is 15.7 Å². The Morgan fingerprint density at radius 3 is 2.45 bits per heavy atom. The molecule has 0 aliphatic rings. The third kappa shape index (κ3) is 4.80. The molecule has 1 aromatic rings. The van der Waals surface area contributed by atoms with Gasteiger partial charge in [-0.15, -0.1) is 0 Å². The molecule has 0 aromatic heterocycles. The van der Waals surface area contributed by atoms with Crippen LogP contribution in [0, 0.1) is 6.92 Å². The number of unbranched alkanes of at least 4 members (excludes halogenated alkanes) is 1. The molecule has 1 aromatic carbocycles. The maximum atomic E-state index is 12.4. The lowest BCUT2D eigenvalue weighted by molar-refractivity contribution is 0.483. The summed E-state index contributed by atoms with van der Waals surface area (Å²) in [5.74, 6) is 0. The van der Waals surface area contributed by atoms with Crippen molar-refractivity contribution in [1.29, 1.82) is 0 Å². The lowest BCUT2D eigenvalue weighted by atomic mass is 10.1. The van der Waals surface area contributed by atoms with Gasteiger partial charge in [-0.05, 0) is 37.5 Å². The maximum absolute atomic E-state index is 12.4. The highest BCUT2D eigenvalue weighted by Crippen LogP contribution is 2.18. The molecule has 0 spiro atoms. The third-order valence-electron chi connectivity index (χ3n) is 3.43. The molecule has 0 saturated heterocycles. The van der Waals surface area contributed by atoms with Crippen LogP contribution in [-0.4, -0.2) is 14.5 Å². The first-order valence-electron chi connectivity index (χ1n) is 7.29. The largest absolute Gasteiger partial charge is 0.398 e. The van der Waals surface area contributed by atoms with Crippen molar-refractivity contribution in [3.8, 4) is 0 Å². The molecule has 0 radical (unpaired) electrons. The van der Waals surface area contributed by atoms with Crippen LogP contribution in [0.4, 0.5) is 5.69 Å². The van der Waals surface area contributed by atoms with E-state index in [0.717, 1.165) is 37.7 Å². The van der Waals surface area contributed by atoms with Crippen LogP contribution in [0.5, 0.6) is 0 Å². The molecular weight excluding hydrogens is 272 g/mol. The molecule has 0 amide bonds. The van der Waals surface area contributed by atoms with Crippen molar-refractivity contribution in [3.63, 3.8) is 0 Å². The summed E-state index contributed by atoms with van der Waals surface area (Å²) in [5.41, 5.74) is 7.19. The zero-order chi connectivity index (χ0) is 15.2. The molecule has 3 N–H and O–H groups in total. The summed E-state index contributed by atoms with van der Waals surface area (Å²) in [6, 6.07) is 4.88. The molecule has 4 nitrogen and oxygen atoms in total. The Bertz CT molecular complexity index is 527. The Balaban J connectivity index is 2.87. The number of sulfonamides is 1. The van der Waals surface area contributed by atoms with Crippen LogP contribution in [0.15, 0.2) is 23.1 Å². The second kappa shape index (κ2) is 7.64. The van der Waals surface area contributed by atoms with Crippen LogP contribution in [0.3, 0.4) is 0 Å². The van der Waals surface area contributed by atoms with E-state index in [1.54, 1.807) is 12.1 Å². The number of nitrogens with one attached hydrogen (secondary N) is 1. The predicted octanol–water partition coefficient (Wildman–Crippen LogP) is 3.21. The number of rotatable bonds is 8. The minimum Gasteiger partial charge on any atom is -0.398 e. The van der Waals surface area contributed by atoms with Crippen molar-refractivity contribution in [2.24, 2.45) is 0 Å². The second-order valence-electron chi connectivity index (χ2n) is 5.27. The number of aryl methyl sites for hydroxylation is 1. The number of nitrogens with two attached hydrogens (primary N) is 1. The Labute approximate surface area is 122 Å². The van der Waals surface area contributed by atoms with E-state index in [4.69, 9.17) is 5.73 Å². The molecule has 1 rings (SSSR count). The minimum atomic E-state index is -3.48. The van der Waals surface area contributed by atoms with Crippen LogP contribution in [0.25, 0.3) is 0 Å². The molecule has 0 heterocycles. The molecule has 1 unspecified atom stereocenters. The van der Waals surface area contributed by atoms with Crippen molar-refractivity contribution in [3.05, 3.63) is 23.8 Å². The van der Waals surface area contributed by atoms with Gasteiger partial charge in [-0.3, -0.25) is 0 Å². The van der Waals surface area contributed by atoms with E-state index >= 15 is 0 Å². The van der Waals surface area contributed by atoms with E-state index in [0.29, 0.717) is 5.69 Å². The Kier molecular flexibility index (Phi) is 6.49. The molecule has 5 heteroatoms. The summed E-state index contributed by atoms with van der Waals surface area (Å²) in [6.45, 7) is 6.04. The van der Waals surface area contributed by atoms with Crippen molar-refractivity contribution < 1.29 is 8.42 Å². The van der Waals surface area contributed by atoms with E-state index in [1.807, 2.05) is 6.92 Å². The van der Waals surface area contributed by atoms with Crippen molar-refractivity contribution in [1.82, 2.24) is 4.72 Å². The quantitative estimate of drug-likeness (QED) is 0.724. The minimum absolute atomic E-state index is 0.00692. The predicted molar refractivity (Wildman–Crippen MR) is 84.1 cm³/mol. The zero-order valence-corrected chi connectivity index (χ0v) is 13.5. The highest BCUT2D eigenvalue weighted by Gasteiger charge is 2.19. The maximum Gasteiger partial charge on any atom is 0.240 e. The van der Waals surface area contributed by atoms with Crippen LogP contribution in [0.1, 0.15) is 51.5 Å². The number of benzene rings is 1. The number of hydrogen-bond acceptors (Lipinski definition) is 3. The number of nitrogen functional groups attached to an aromatic ring is 1. The summed E-state index contributed by atoms with van der Waals surface area (Å²) < 4.78 is 27.6. The van der Waals surface area contributed by atoms with E-state index < -0.39 is 10.0 Å². The Morgan fingerprint density at radius 1 is 1.20 bits per heavy atom. The van der Waals surface area contributed by atoms with Crippen molar-refractivity contribution in [2.75, 3.05) is 5.73 Å². The van der Waals surface area contributed by atoms with E-state index in [1.165, 1.54) is 6.07 Å². The van der Waals surface area contributed by atoms with E-state index in [9.17, 15) is 8.42 Å². The third-order valence-corrected chi connectivity index (χ3v) is 4.94. The molecule has 114 valence electrons. The van der Waals surface area contributed by atoms with E-state index in [-0.39, 0.29) is 10.9 Å². The molecular formula is C15H26N2O2S.